The maximum Gasteiger partial charge on any atom is 0.266 e. The van der Waals surface area contributed by atoms with E-state index in [0.29, 0.717) is 39.9 Å². The van der Waals surface area contributed by atoms with Crippen LogP contribution in [0, 0.1) is 6.92 Å². The zero-order chi connectivity index (χ0) is 22.1. The standard InChI is InChI=1S/C23H24ClN3O3S/c1-14-4-7-18(8-5-14)27-22(29)19-9-6-17(24)10-20(19)25-23(27)31-13-21(28)26-11-15(2)30-16(3)12-26/h4-10,15-16H,11-13H2,1-3H3/t15-,16-/m0/s1. The van der Waals surface area contributed by atoms with E-state index in [0.717, 1.165) is 5.56 Å². The number of fused-ring (bicyclic) bond motifs is 1. The van der Waals surface area contributed by atoms with Crippen LogP contribution < -0.4 is 5.56 Å². The predicted molar refractivity (Wildman–Crippen MR) is 124 cm³/mol. The lowest BCUT2D eigenvalue weighted by Crippen LogP contribution is -2.48. The minimum atomic E-state index is -0.186. The van der Waals surface area contributed by atoms with Crippen LogP contribution in [0.4, 0.5) is 0 Å². The molecule has 1 amide bonds. The number of aromatic nitrogens is 2. The summed E-state index contributed by atoms with van der Waals surface area (Å²) in [6.45, 7) is 7.05. The van der Waals surface area contributed by atoms with Gasteiger partial charge in [-0.15, -0.1) is 0 Å². The first kappa shape index (κ1) is 21.9. The number of rotatable bonds is 4. The summed E-state index contributed by atoms with van der Waals surface area (Å²) in [5, 5.41) is 1.46. The second-order valence-corrected chi connectivity index (χ2v) is 9.26. The molecule has 1 aliphatic rings. The monoisotopic (exact) mass is 457 g/mol. The molecular weight excluding hydrogens is 434 g/mol. The molecule has 162 valence electrons. The number of nitrogens with zero attached hydrogens (tertiary/aromatic N) is 3. The number of thioether (sulfide) groups is 1. The number of hydrogen-bond donors (Lipinski definition) is 0. The van der Waals surface area contributed by atoms with Gasteiger partial charge in [0.05, 0.1) is 34.6 Å². The Kier molecular flexibility index (Phi) is 6.36. The van der Waals surface area contributed by atoms with Gasteiger partial charge in [-0.05, 0) is 51.1 Å². The molecule has 0 radical (unpaired) electrons. The SMILES string of the molecule is Cc1ccc(-n2c(SCC(=O)N3C[C@H](C)O[C@@H](C)C3)nc3cc(Cl)ccc3c2=O)cc1. The van der Waals surface area contributed by atoms with Crippen molar-refractivity contribution in [2.75, 3.05) is 18.8 Å². The highest BCUT2D eigenvalue weighted by molar-refractivity contribution is 7.99. The first-order valence-corrected chi connectivity index (χ1v) is 11.5. The van der Waals surface area contributed by atoms with Gasteiger partial charge in [-0.25, -0.2) is 4.98 Å². The number of carbonyl (C=O) groups is 1. The average Bonchev–Trinajstić information content (AvgIpc) is 2.72. The smallest absolute Gasteiger partial charge is 0.266 e. The second-order valence-electron chi connectivity index (χ2n) is 7.88. The fraction of sp³-hybridized carbons (Fsp3) is 0.348. The Hall–Kier alpha value is -2.35. The molecule has 2 atom stereocenters. The van der Waals surface area contributed by atoms with Crippen molar-refractivity contribution >= 4 is 40.2 Å². The minimum Gasteiger partial charge on any atom is -0.372 e. The molecule has 1 aliphatic heterocycles. The summed E-state index contributed by atoms with van der Waals surface area (Å²) in [5.41, 5.74) is 2.14. The van der Waals surface area contributed by atoms with Gasteiger partial charge >= 0.3 is 0 Å². The molecule has 0 bridgehead atoms. The molecule has 1 aromatic heterocycles. The predicted octanol–water partition coefficient (Wildman–Crippen LogP) is 4.08. The van der Waals surface area contributed by atoms with E-state index in [1.807, 2.05) is 49.9 Å². The molecule has 4 rings (SSSR count). The average molecular weight is 458 g/mol. The van der Waals surface area contributed by atoms with E-state index in [4.69, 9.17) is 16.3 Å². The van der Waals surface area contributed by atoms with Crippen LogP contribution in [0.2, 0.25) is 5.02 Å². The Bertz CT molecular complexity index is 1170. The van der Waals surface area contributed by atoms with Crippen LogP contribution in [0.3, 0.4) is 0 Å². The van der Waals surface area contributed by atoms with Gasteiger partial charge in [0.25, 0.3) is 5.56 Å². The van der Waals surface area contributed by atoms with Crippen molar-refractivity contribution in [3.8, 4) is 5.69 Å². The van der Waals surface area contributed by atoms with Crippen molar-refractivity contribution in [1.29, 1.82) is 0 Å². The number of carbonyl (C=O) groups excluding carboxylic acids is 1. The third kappa shape index (κ3) is 4.79. The van der Waals surface area contributed by atoms with Gasteiger partial charge in [0.15, 0.2) is 5.16 Å². The molecule has 0 spiro atoms. The van der Waals surface area contributed by atoms with Gasteiger partial charge in [0, 0.05) is 18.1 Å². The molecule has 0 N–H and O–H groups in total. The van der Waals surface area contributed by atoms with E-state index in [2.05, 4.69) is 4.98 Å². The third-order valence-electron chi connectivity index (χ3n) is 5.19. The number of aryl methyl sites for hydroxylation is 1. The molecule has 3 aromatic rings. The van der Waals surface area contributed by atoms with Crippen LogP contribution in [0.25, 0.3) is 16.6 Å². The quantitative estimate of drug-likeness (QED) is 0.436. The van der Waals surface area contributed by atoms with E-state index in [9.17, 15) is 9.59 Å². The summed E-state index contributed by atoms with van der Waals surface area (Å²) >= 11 is 7.39. The zero-order valence-corrected chi connectivity index (χ0v) is 19.2. The van der Waals surface area contributed by atoms with Crippen molar-refractivity contribution in [3.63, 3.8) is 0 Å². The van der Waals surface area contributed by atoms with E-state index >= 15 is 0 Å². The van der Waals surface area contributed by atoms with Crippen LogP contribution in [-0.4, -0.2) is 51.4 Å². The Morgan fingerprint density at radius 3 is 2.52 bits per heavy atom. The first-order valence-electron chi connectivity index (χ1n) is 10.2. The van der Waals surface area contributed by atoms with Crippen LogP contribution in [0.15, 0.2) is 52.4 Å². The van der Waals surface area contributed by atoms with E-state index in [1.54, 1.807) is 22.8 Å². The number of halogens is 1. The largest absolute Gasteiger partial charge is 0.372 e. The van der Waals surface area contributed by atoms with Gasteiger partial charge < -0.3 is 9.64 Å². The summed E-state index contributed by atoms with van der Waals surface area (Å²) in [4.78, 5) is 32.7. The number of benzene rings is 2. The van der Waals surface area contributed by atoms with Crippen LogP contribution in [0.5, 0.6) is 0 Å². The Morgan fingerprint density at radius 1 is 1.16 bits per heavy atom. The van der Waals surface area contributed by atoms with Gasteiger partial charge in [-0.1, -0.05) is 41.1 Å². The maximum atomic E-state index is 13.3. The Labute approximate surface area is 190 Å². The highest BCUT2D eigenvalue weighted by atomic mass is 35.5. The molecule has 0 unspecified atom stereocenters. The lowest BCUT2D eigenvalue weighted by molar-refractivity contribution is -0.140. The third-order valence-corrected chi connectivity index (χ3v) is 6.35. The highest BCUT2D eigenvalue weighted by Crippen LogP contribution is 2.24. The second kappa shape index (κ2) is 9.02. The number of amides is 1. The normalized spacial score (nSPS) is 19.0. The molecule has 8 heteroatoms. The molecule has 1 fully saturated rings. The molecule has 6 nitrogen and oxygen atoms in total. The topological polar surface area (TPSA) is 64.4 Å². The summed E-state index contributed by atoms with van der Waals surface area (Å²) in [7, 11) is 0. The van der Waals surface area contributed by atoms with Crippen molar-refractivity contribution in [3.05, 3.63) is 63.4 Å². The zero-order valence-electron chi connectivity index (χ0n) is 17.7. The Morgan fingerprint density at radius 2 is 1.84 bits per heavy atom. The van der Waals surface area contributed by atoms with Gasteiger partial charge in [0.1, 0.15) is 0 Å². The van der Waals surface area contributed by atoms with Crippen LogP contribution in [-0.2, 0) is 9.53 Å². The van der Waals surface area contributed by atoms with Crippen molar-refractivity contribution in [1.82, 2.24) is 14.5 Å². The Balaban J connectivity index is 1.70. The van der Waals surface area contributed by atoms with E-state index < -0.39 is 0 Å². The van der Waals surface area contributed by atoms with Gasteiger partial charge in [0.2, 0.25) is 5.91 Å². The number of ether oxygens (including phenoxy) is 1. The highest BCUT2D eigenvalue weighted by Gasteiger charge is 2.26. The first-order chi connectivity index (χ1) is 14.8. The van der Waals surface area contributed by atoms with Crippen molar-refractivity contribution in [2.45, 2.75) is 38.1 Å². The number of hydrogen-bond acceptors (Lipinski definition) is 5. The molecular formula is C23H24ClN3O3S. The molecule has 0 saturated carbocycles. The van der Waals surface area contributed by atoms with Crippen molar-refractivity contribution in [2.24, 2.45) is 0 Å². The summed E-state index contributed by atoms with van der Waals surface area (Å²) in [5.74, 6) is 0.187. The molecule has 0 aliphatic carbocycles. The number of morpholine rings is 1. The maximum absolute atomic E-state index is 13.3. The van der Waals surface area contributed by atoms with Gasteiger partial charge in [-0.2, -0.15) is 0 Å². The van der Waals surface area contributed by atoms with E-state index in [-0.39, 0.29) is 29.4 Å². The van der Waals surface area contributed by atoms with Gasteiger partial charge in [-0.3, -0.25) is 14.2 Å². The lowest BCUT2D eigenvalue weighted by Gasteiger charge is -2.35. The fourth-order valence-corrected chi connectivity index (χ4v) is 4.84. The lowest BCUT2D eigenvalue weighted by atomic mass is 10.2. The fourth-order valence-electron chi connectivity index (χ4n) is 3.76. The summed E-state index contributed by atoms with van der Waals surface area (Å²) in [6, 6.07) is 12.7. The summed E-state index contributed by atoms with van der Waals surface area (Å²) < 4.78 is 7.29. The summed E-state index contributed by atoms with van der Waals surface area (Å²) in [6.07, 6.45) is 0.00810. The van der Waals surface area contributed by atoms with Crippen LogP contribution in [0.1, 0.15) is 19.4 Å². The van der Waals surface area contributed by atoms with Crippen LogP contribution >= 0.6 is 23.4 Å². The van der Waals surface area contributed by atoms with E-state index in [1.165, 1.54) is 11.8 Å². The molecule has 2 heterocycles. The molecule has 31 heavy (non-hydrogen) atoms. The molecule has 2 aromatic carbocycles. The van der Waals surface area contributed by atoms with Crippen molar-refractivity contribution < 1.29 is 9.53 Å². The molecule has 1 saturated heterocycles. The minimum absolute atomic E-state index is 0.00268.